The minimum absolute atomic E-state index is 0.0544. The molecule has 4 aromatic rings. The highest BCUT2D eigenvalue weighted by molar-refractivity contribution is 6.02. The van der Waals surface area contributed by atoms with Gasteiger partial charge in [-0.3, -0.25) is 23.7 Å². The number of rotatable bonds is 5. The standard InChI is InChI=1S/C23H17N3O6/c27-17(14-5-7-16-13(9-14)6-8-19(28)25-16)11-31-20(29)10-26-12-24-21-15-3-1-2-4-18(15)32-22(21)23(26)30/h1-5,7,9,12H,6,8,10-11H2,(H,25,28). The minimum Gasteiger partial charge on any atom is -0.456 e. The number of ketones is 1. The first-order valence-corrected chi connectivity index (χ1v) is 9.98. The lowest BCUT2D eigenvalue weighted by Gasteiger charge is -2.17. The van der Waals surface area contributed by atoms with Crippen LogP contribution in [-0.2, 0) is 27.3 Å². The van der Waals surface area contributed by atoms with Crippen LogP contribution in [0.2, 0.25) is 0 Å². The van der Waals surface area contributed by atoms with E-state index in [9.17, 15) is 19.2 Å². The van der Waals surface area contributed by atoms with Gasteiger partial charge in [0, 0.05) is 23.1 Å². The van der Waals surface area contributed by atoms with Gasteiger partial charge in [-0.2, -0.15) is 0 Å². The number of carbonyl (C=O) groups is 3. The quantitative estimate of drug-likeness (QED) is 0.381. The number of hydrogen-bond donors (Lipinski definition) is 1. The number of ether oxygens (including phenoxy) is 1. The average Bonchev–Trinajstić information content (AvgIpc) is 3.18. The Morgan fingerprint density at radius 1 is 1.12 bits per heavy atom. The van der Waals surface area contributed by atoms with Crippen LogP contribution in [0.1, 0.15) is 22.3 Å². The second-order valence-electron chi connectivity index (χ2n) is 7.46. The normalized spacial score (nSPS) is 13.1. The summed E-state index contributed by atoms with van der Waals surface area (Å²) in [6, 6.07) is 12.1. The third kappa shape index (κ3) is 3.53. The van der Waals surface area contributed by atoms with Crippen LogP contribution in [0.25, 0.3) is 22.1 Å². The molecular weight excluding hydrogens is 414 g/mol. The maximum absolute atomic E-state index is 12.7. The van der Waals surface area contributed by atoms with Crippen molar-refractivity contribution in [2.24, 2.45) is 0 Å². The van der Waals surface area contributed by atoms with Gasteiger partial charge in [0.05, 0.1) is 6.33 Å². The summed E-state index contributed by atoms with van der Waals surface area (Å²) in [7, 11) is 0. The molecule has 0 saturated heterocycles. The summed E-state index contributed by atoms with van der Waals surface area (Å²) < 4.78 is 11.7. The summed E-state index contributed by atoms with van der Waals surface area (Å²) >= 11 is 0. The monoisotopic (exact) mass is 431 g/mol. The number of benzene rings is 2. The Labute approximate surface area is 180 Å². The van der Waals surface area contributed by atoms with Gasteiger partial charge in [0.1, 0.15) is 17.6 Å². The lowest BCUT2D eigenvalue weighted by Crippen LogP contribution is -2.26. The second-order valence-corrected chi connectivity index (χ2v) is 7.46. The minimum atomic E-state index is -0.747. The summed E-state index contributed by atoms with van der Waals surface area (Å²) in [5, 5.41) is 3.46. The maximum Gasteiger partial charge on any atom is 0.326 e. The molecule has 9 nitrogen and oxygen atoms in total. The molecule has 0 bridgehead atoms. The predicted molar refractivity (Wildman–Crippen MR) is 114 cm³/mol. The van der Waals surface area contributed by atoms with Gasteiger partial charge in [-0.25, -0.2) is 4.98 Å². The van der Waals surface area contributed by atoms with Crippen molar-refractivity contribution in [2.75, 3.05) is 11.9 Å². The topological polar surface area (TPSA) is 120 Å². The lowest BCUT2D eigenvalue weighted by atomic mass is 9.99. The summed E-state index contributed by atoms with van der Waals surface area (Å²) in [6.07, 6.45) is 2.16. The van der Waals surface area contributed by atoms with Gasteiger partial charge in [-0.15, -0.1) is 0 Å². The summed E-state index contributed by atoms with van der Waals surface area (Å²) in [4.78, 5) is 53.0. The van der Waals surface area contributed by atoms with Gasteiger partial charge < -0.3 is 14.5 Å². The number of hydrogen-bond acceptors (Lipinski definition) is 7. The molecule has 0 aliphatic carbocycles. The Morgan fingerprint density at radius 3 is 2.84 bits per heavy atom. The van der Waals surface area contributed by atoms with Crippen LogP contribution in [0, 0.1) is 0 Å². The predicted octanol–water partition coefficient (Wildman–Crippen LogP) is 2.45. The average molecular weight is 431 g/mol. The van der Waals surface area contributed by atoms with E-state index in [0.717, 1.165) is 10.1 Å². The number of aryl methyl sites for hydroxylation is 1. The summed E-state index contributed by atoms with van der Waals surface area (Å²) in [5.41, 5.74) is 2.43. The number of Topliss-reactive ketones (excluding diaryl/α,β-unsaturated/α-hetero) is 1. The number of esters is 1. The third-order valence-electron chi connectivity index (χ3n) is 5.34. The molecule has 2 aromatic heterocycles. The van der Waals surface area contributed by atoms with E-state index in [4.69, 9.17) is 9.15 Å². The highest BCUT2D eigenvalue weighted by atomic mass is 16.5. The molecule has 1 amide bonds. The van der Waals surface area contributed by atoms with Crippen molar-refractivity contribution >= 4 is 45.4 Å². The number of nitrogens with zero attached hydrogens (tertiary/aromatic N) is 2. The molecule has 5 rings (SSSR count). The highest BCUT2D eigenvalue weighted by Crippen LogP contribution is 2.25. The van der Waals surface area contributed by atoms with Gasteiger partial charge in [-0.1, -0.05) is 12.1 Å². The van der Waals surface area contributed by atoms with Gasteiger partial charge in [0.15, 0.2) is 12.4 Å². The molecule has 0 atom stereocenters. The Morgan fingerprint density at radius 2 is 1.97 bits per heavy atom. The van der Waals surface area contributed by atoms with Crippen LogP contribution in [0.5, 0.6) is 0 Å². The van der Waals surface area contributed by atoms with Crippen molar-refractivity contribution < 1.29 is 23.5 Å². The van der Waals surface area contributed by atoms with E-state index in [0.29, 0.717) is 40.6 Å². The van der Waals surface area contributed by atoms with E-state index in [1.54, 1.807) is 36.4 Å². The van der Waals surface area contributed by atoms with Crippen LogP contribution in [-0.4, -0.2) is 33.8 Å². The molecular formula is C23H17N3O6. The molecule has 0 radical (unpaired) electrons. The van der Waals surface area contributed by atoms with Gasteiger partial charge >= 0.3 is 5.97 Å². The van der Waals surface area contributed by atoms with E-state index in [1.807, 2.05) is 6.07 Å². The lowest BCUT2D eigenvalue weighted by molar-refractivity contribution is -0.143. The van der Waals surface area contributed by atoms with E-state index >= 15 is 0 Å². The maximum atomic E-state index is 12.7. The van der Waals surface area contributed by atoms with Crippen LogP contribution in [0.15, 0.2) is 58.0 Å². The van der Waals surface area contributed by atoms with E-state index < -0.39 is 24.7 Å². The summed E-state index contributed by atoms with van der Waals surface area (Å²) in [5.74, 6) is -1.18. The number of amides is 1. The zero-order chi connectivity index (χ0) is 22.2. The highest BCUT2D eigenvalue weighted by Gasteiger charge is 2.19. The Bertz CT molecular complexity index is 1470. The van der Waals surface area contributed by atoms with Gasteiger partial charge in [-0.05, 0) is 42.3 Å². The van der Waals surface area contributed by atoms with Crippen LogP contribution in [0.4, 0.5) is 5.69 Å². The molecule has 1 aliphatic heterocycles. The first-order chi connectivity index (χ1) is 15.5. The van der Waals surface area contributed by atoms with Gasteiger partial charge in [0.2, 0.25) is 11.5 Å². The molecule has 2 aromatic carbocycles. The summed E-state index contributed by atoms with van der Waals surface area (Å²) in [6.45, 7) is -0.860. The molecule has 9 heteroatoms. The molecule has 0 unspecified atom stereocenters. The molecule has 0 spiro atoms. The van der Waals surface area contributed by atoms with Crippen molar-refractivity contribution in [1.29, 1.82) is 0 Å². The SMILES string of the molecule is O=C1CCc2cc(C(=O)COC(=O)Cn3cnc4c(oc5ccccc54)c3=O)ccc2N1. The van der Waals surface area contributed by atoms with E-state index in [2.05, 4.69) is 10.3 Å². The number of carbonyl (C=O) groups excluding carboxylic acids is 3. The third-order valence-corrected chi connectivity index (χ3v) is 5.34. The fraction of sp³-hybridized carbons (Fsp3) is 0.174. The smallest absolute Gasteiger partial charge is 0.326 e. The van der Waals surface area contributed by atoms with E-state index in [1.165, 1.54) is 6.33 Å². The van der Waals surface area contributed by atoms with Crippen molar-refractivity contribution in [3.05, 3.63) is 70.3 Å². The van der Waals surface area contributed by atoms with Crippen molar-refractivity contribution in [3.8, 4) is 0 Å². The molecule has 3 heterocycles. The first-order valence-electron chi connectivity index (χ1n) is 9.98. The number of aromatic nitrogens is 2. The van der Waals surface area contributed by atoms with E-state index in [-0.39, 0.29) is 17.3 Å². The number of fused-ring (bicyclic) bond motifs is 4. The van der Waals surface area contributed by atoms with Crippen LogP contribution in [0.3, 0.4) is 0 Å². The number of nitrogens with one attached hydrogen (secondary N) is 1. The largest absolute Gasteiger partial charge is 0.456 e. The van der Waals surface area contributed by atoms with Crippen molar-refractivity contribution in [3.63, 3.8) is 0 Å². The fourth-order valence-corrected chi connectivity index (χ4v) is 3.70. The van der Waals surface area contributed by atoms with Crippen LogP contribution < -0.4 is 10.9 Å². The van der Waals surface area contributed by atoms with Crippen molar-refractivity contribution in [2.45, 2.75) is 19.4 Å². The van der Waals surface area contributed by atoms with Gasteiger partial charge in [0.25, 0.3) is 5.56 Å². The Balaban J connectivity index is 1.27. The number of furan rings is 1. The number of anilines is 1. The Hall–Kier alpha value is -4.27. The second kappa shape index (κ2) is 7.77. The van der Waals surface area contributed by atoms with Crippen LogP contribution >= 0.6 is 0 Å². The molecule has 0 fully saturated rings. The fourth-order valence-electron chi connectivity index (χ4n) is 3.70. The molecule has 0 saturated carbocycles. The molecule has 160 valence electrons. The number of para-hydroxylation sites is 1. The molecule has 1 aliphatic rings. The first kappa shape index (κ1) is 19.7. The Kier molecular flexibility index (Phi) is 4.78. The molecule has 32 heavy (non-hydrogen) atoms. The molecule has 1 N–H and O–H groups in total. The van der Waals surface area contributed by atoms with Crippen molar-refractivity contribution in [1.82, 2.24) is 9.55 Å². The zero-order valence-corrected chi connectivity index (χ0v) is 16.8. The zero-order valence-electron chi connectivity index (χ0n) is 16.8.